The normalized spacial score (nSPS) is 16.1. The molecule has 0 radical (unpaired) electrons. The number of rotatable bonds is 4. The summed E-state index contributed by atoms with van der Waals surface area (Å²) in [5.74, 6) is -0.163. The lowest BCUT2D eigenvalue weighted by Crippen LogP contribution is -3.08. The number of likely N-dealkylation sites (tertiary alicyclic amines) is 1. The third-order valence-corrected chi connectivity index (χ3v) is 3.37. The maximum absolute atomic E-state index is 11.1. The van der Waals surface area contributed by atoms with Gasteiger partial charge in [0.15, 0.2) is 0 Å². The molecule has 1 saturated heterocycles. The Morgan fingerprint density at radius 2 is 1.88 bits per heavy atom. The van der Waals surface area contributed by atoms with Crippen LogP contribution in [0.2, 0.25) is 0 Å². The molecule has 0 atom stereocenters. The zero-order chi connectivity index (χ0) is 12.1. The van der Waals surface area contributed by atoms with E-state index in [9.17, 15) is 4.79 Å². The summed E-state index contributed by atoms with van der Waals surface area (Å²) in [4.78, 5) is 12.8. The number of halogens is 1. The number of alkyl halides is 1. The van der Waals surface area contributed by atoms with Gasteiger partial charge >= 0.3 is 0 Å². The third-order valence-electron chi connectivity index (χ3n) is 3.12. The molecule has 1 aliphatic heterocycles. The summed E-state index contributed by atoms with van der Waals surface area (Å²) in [5.41, 5.74) is 2.14. The molecule has 4 heteroatoms. The number of carbonyl (C=O) groups is 1. The van der Waals surface area contributed by atoms with Crippen molar-refractivity contribution < 1.29 is 9.69 Å². The second-order valence-electron chi connectivity index (χ2n) is 4.51. The van der Waals surface area contributed by atoms with E-state index < -0.39 is 0 Å². The van der Waals surface area contributed by atoms with E-state index in [2.05, 4.69) is 17.4 Å². The fraction of sp³-hybridized carbons (Fsp3) is 0.462. The molecule has 1 aromatic rings. The van der Waals surface area contributed by atoms with E-state index in [1.54, 1.807) is 4.90 Å². The van der Waals surface area contributed by atoms with Gasteiger partial charge in [0.1, 0.15) is 12.4 Å². The predicted octanol–water partition coefficient (Wildman–Crippen LogP) is 1.04. The van der Waals surface area contributed by atoms with Gasteiger partial charge in [-0.05, 0) is 12.1 Å². The van der Waals surface area contributed by atoms with Crippen molar-refractivity contribution in [3.8, 4) is 0 Å². The lowest BCUT2D eigenvalue weighted by molar-refractivity contribution is -0.901. The molecule has 92 valence electrons. The van der Waals surface area contributed by atoms with Crippen LogP contribution in [0.4, 0.5) is 5.69 Å². The van der Waals surface area contributed by atoms with Crippen molar-refractivity contribution in [2.45, 2.75) is 19.4 Å². The zero-order valence-corrected chi connectivity index (χ0v) is 10.6. The van der Waals surface area contributed by atoms with E-state index in [0.717, 1.165) is 12.2 Å². The maximum atomic E-state index is 11.1. The van der Waals surface area contributed by atoms with Crippen molar-refractivity contribution in [1.29, 1.82) is 0 Å². The van der Waals surface area contributed by atoms with E-state index in [0.29, 0.717) is 0 Å². The Kier molecular flexibility index (Phi) is 4.40. The minimum Gasteiger partial charge on any atom is -0.331 e. The van der Waals surface area contributed by atoms with E-state index in [-0.39, 0.29) is 11.8 Å². The lowest BCUT2D eigenvalue weighted by atomic mass is 10.2. The van der Waals surface area contributed by atoms with Crippen LogP contribution in [-0.4, -0.2) is 24.9 Å². The first kappa shape index (κ1) is 12.4. The SMILES string of the molecule is O=C(CCl)Nc1ccc(C[NH+]2CCCC2)cc1. The third kappa shape index (κ3) is 3.72. The highest BCUT2D eigenvalue weighted by molar-refractivity contribution is 6.29. The molecule has 0 bridgehead atoms. The Morgan fingerprint density at radius 3 is 2.47 bits per heavy atom. The van der Waals surface area contributed by atoms with Crippen LogP contribution in [0.3, 0.4) is 0 Å². The Balaban J connectivity index is 1.90. The Bertz CT molecular complexity index is 372. The number of carbonyl (C=O) groups excluding carboxylic acids is 1. The van der Waals surface area contributed by atoms with Crippen molar-refractivity contribution in [3.05, 3.63) is 29.8 Å². The number of benzene rings is 1. The molecule has 1 amide bonds. The van der Waals surface area contributed by atoms with Crippen LogP contribution < -0.4 is 10.2 Å². The van der Waals surface area contributed by atoms with Gasteiger partial charge in [-0.25, -0.2) is 0 Å². The average molecular weight is 254 g/mol. The van der Waals surface area contributed by atoms with Crippen LogP contribution in [-0.2, 0) is 11.3 Å². The molecule has 0 unspecified atom stereocenters. The molecule has 0 spiro atoms. The smallest absolute Gasteiger partial charge is 0.239 e. The van der Waals surface area contributed by atoms with Crippen LogP contribution >= 0.6 is 11.6 Å². The molecule has 3 nitrogen and oxygen atoms in total. The largest absolute Gasteiger partial charge is 0.331 e. The highest BCUT2D eigenvalue weighted by Crippen LogP contribution is 2.09. The molecule has 1 fully saturated rings. The van der Waals surface area contributed by atoms with Gasteiger partial charge in [-0.1, -0.05) is 12.1 Å². The molecule has 0 aliphatic carbocycles. The Morgan fingerprint density at radius 1 is 1.24 bits per heavy atom. The Hall–Kier alpha value is -1.06. The van der Waals surface area contributed by atoms with Gasteiger partial charge in [0, 0.05) is 24.1 Å². The molecule has 1 heterocycles. The zero-order valence-electron chi connectivity index (χ0n) is 9.84. The molecule has 17 heavy (non-hydrogen) atoms. The molecular formula is C13H18ClN2O+. The first-order valence-electron chi connectivity index (χ1n) is 6.06. The van der Waals surface area contributed by atoms with Crippen molar-refractivity contribution >= 4 is 23.2 Å². The minimum absolute atomic E-state index is 0.000320. The van der Waals surface area contributed by atoms with E-state index in [1.807, 2.05) is 12.1 Å². The van der Waals surface area contributed by atoms with Gasteiger partial charge < -0.3 is 10.2 Å². The fourth-order valence-corrected chi connectivity index (χ4v) is 2.31. The molecule has 0 aromatic heterocycles. The van der Waals surface area contributed by atoms with Crippen molar-refractivity contribution in [2.24, 2.45) is 0 Å². The standard InChI is InChI=1S/C13H17ClN2O/c14-9-13(17)15-12-5-3-11(4-6-12)10-16-7-1-2-8-16/h3-6H,1-2,7-10H2,(H,15,17)/p+1. The number of hydrogen-bond acceptors (Lipinski definition) is 1. The fourth-order valence-electron chi connectivity index (χ4n) is 2.24. The second-order valence-corrected chi connectivity index (χ2v) is 4.78. The molecule has 1 aliphatic rings. The topological polar surface area (TPSA) is 33.5 Å². The van der Waals surface area contributed by atoms with Gasteiger partial charge in [-0.2, -0.15) is 0 Å². The average Bonchev–Trinajstić information content (AvgIpc) is 2.84. The van der Waals surface area contributed by atoms with Crippen molar-refractivity contribution in [2.75, 3.05) is 24.3 Å². The molecule has 1 aromatic carbocycles. The lowest BCUT2D eigenvalue weighted by Gasteiger charge is -2.12. The van der Waals surface area contributed by atoms with Crippen LogP contribution in [0, 0.1) is 0 Å². The highest BCUT2D eigenvalue weighted by Gasteiger charge is 2.15. The molecular weight excluding hydrogens is 236 g/mol. The van der Waals surface area contributed by atoms with Gasteiger partial charge in [0.05, 0.1) is 13.1 Å². The minimum atomic E-state index is -0.162. The highest BCUT2D eigenvalue weighted by atomic mass is 35.5. The van der Waals surface area contributed by atoms with Crippen LogP contribution in [0.5, 0.6) is 0 Å². The molecule has 0 saturated carbocycles. The summed E-state index contributed by atoms with van der Waals surface area (Å²) in [7, 11) is 0. The summed E-state index contributed by atoms with van der Waals surface area (Å²) in [6, 6.07) is 8.04. The van der Waals surface area contributed by atoms with Crippen LogP contribution in [0.15, 0.2) is 24.3 Å². The first-order chi connectivity index (χ1) is 8.28. The van der Waals surface area contributed by atoms with E-state index in [1.165, 1.54) is 31.5 Å². The number of amides is 1. The molecule has 2 rings (SSSR count). The van der Waals surface area contributed by atoms with Gasteiger partial charge in [0.2, 0.25) is 5.91 Å². The summed E-state index contributed by atoms with van der Waals surface area (Å²) in [6.45, 7) is 3.65. The van der Waals surface area contributed by atoms with Gasteiger partial charge in [-0.15, -0.1) is 11.6 Å². The van der Waals surface area contributed by atoms with Gasteiger partial charge in [0.25, 0.3) is 0 Å². The van der Waals surface area contributed by atoms with Crippen molar-refractivity contribution in [3.63, 3.8) is 0 Å². The predicted molar refractivity (Wildman–Crippen MR) is 69.4 cm³/mol. The summed E-state index contributed by atoms with van der Waals surface area (Å²) >= 11 is 5.43. The number of nitrogens with one attached hydrogen (secondary N) is 2. The quantitative estimate of drug-likeness (QED) is 0.773. The summed E-state index contributed by atoms with van der Waals surface area (Å²) in [5, 5.41) is 2.73. The summed E-state index contributed by atoms with van der Waals surface area (Å²) in [6.07, 6.45) is 2.69. The van der Waals surface area contributed by atoms with Crippen molar-refractivity contribution in [1.82, 2.24) is 0 Å². The number of quaternary nitrogens is 1. The number of anilines is 1. The van der Waals surface area contributed by atoms with E-state index in [4.69, 9.17) is 11.6 Å². The first-order valence-corrected chi connectivity index (χ1v) is 6.60. The number of hydrogen-bond donors (Lipinski definition) is 2. The molecule has 2 N–H and O–H groups in total. The maximum Gasteiger partial charge on any atom is 0.239 e. The monoisotopic (exact) mass is 253 g/mol. The summed E-state index contributed by atoms with van der Waals surface area (Å²) < 4.78 is 0. The Labute approximate surface area is 107 Å². The van der Waals surface area contributed by atoms with E-state index >= 15 is 0 Å². The van der Waals surface area contributed by atoms with Gasteiger partial charge in [-0.3, -0.25) is 4.79 Å². The van der Waals surface area contributed by atoms with Crippen LogP contribution in [0.25, 0.3) is 0 Å². The second kappa shape index (κ2) is 6.03. The van der Waals surface area contributed by atoms with Crippen LogP contribution in [0.1, 0.15) is 18.4 Å².